The first-order valence-corrected chi connectivity index (χ1v) is 9.14. The van der Waals surface area contributed by atoms with Gasteiger partial charge in [0.05, 0.1) is 6.54 Å². The number of nitrogens with one attached hydrogen (secondary N) is 1. The molecule has 1 aliphatic heterocycles. The third-order valence-electron chi connectivity index (χ3n) is 4.96. The Morgan fingerprint density at radius 3 is 2.19 bits per heavy atom. The van der Waals surface area contributed by atoms with Crippen LogP contribution in [0.25, 0.3) is 0 Å². The van der Waals surface area contributed by atoms with Gasteiger partial charge in [0, 0.05) is 38.1 Å². The molecule has 6 nitrogen and oxygen atoms in total. The number of piperazine rings is 1. The number of hydrogen-bond donors (Lipinski definition) is 1. The average molecular weight is 362 g/mol. The van der Waals surface area contributed by atoms with Crippen LogP contribution in [0.3, 0.4) is 0 Å². The van der Waals surface area contributed by atoms with Crippen molar-refractivity contribution >= 4 is 11.6 Å². The van der Waals surface area contributed by atoms with Crippen LogP contribution in [-0.2, 0) is 6.54 Å². The molecule has 1 saturated heterocycles. The first-order chi connectivity index (χ1) is 13.2. The largest absolute Gasteiger partial charge is 0.368 e. The zero-order chi connectivity index (χ0) is 18.6. The van der Waals surface area contributed by atoms with Crippen LogP contribution >= 0.6 is 0 Å². The molecule has 138 valence electrons. The number of carbonyl (C=O) groups excluding carboxylic acids is 1. The maximum absolute atomic E-state index is 13.0. The van der Waals surface area contributed by atoms with Crippen molar-refractivity contribution in [1.82, 2.24) is 14.5 Å². The SMILES string of the molecule is O=C(c1c[nH]c(=O)n1Cc1ccccc1)N1CCN(c2ccccc2)CC1. The molecule has 0 atom stereocenters. The molecule has 0 aliphatic carbocycles. The van der Waals surface area contributed by atoms with E-state index >= 15 is 0 Å². The number of para-hydroxylation sites is 1. The number of hydrogen-bond acceptors (Lipinski definition) is 3. The Bertz CT molecular complexity index is 955. The first-order valence-electron chi connectivity index (χ1n) is 9.14. The normalized spacial score (nSPS) is 14.4. The second-order valence-electron chi connectivity index (χ2n) is 6.67. The highest BCUT2D eigenvalue weighted by atomic mass is 16.2. The Hall–Kier alpha value is -3.28. The summed E-state index contributed by atoms with van der Waals surface area (Å²) >= 11 is 0. The molecule has 0 bridgehead atoms. The molecular formula is C21H22N4O2. The fourth-order valence-corrected chi connectivity index (χ4v) is 3.46. The smallest absolute Gasteiger partial charge is 0.326 e. The van der Waals surface area contributed by atoms with Gasteiger partial charge < -0.3 is 14.8 Å². The number of anilines is 1. The van der Waals surface area contributed by atoms with Crippen LogP contribution in [0.4, 0.5) is 5.69 Å². The number of aromatic amines is 1. The van der Waals surface area contributed by atoms with Gasteiger partial charge in [-0.3, -0.25) is 9.36 Å². The van der Waals surface area contributed by atoms with Crippen molar-refractivity contribution in [2.45, 2.75) is 6.54 Å². The molecule has 2 heterocycles. The van der Waals surface area contributed by atoms with Gasteiger partial charge in [-0.1, -0.05) is 48.5 Å². The summed E-state index contributed by atoms with van der Waals surface area (Å²) in [6, 6.07) is 19.9. The summed E-state index contributed by atoms with van der Waals surface area (Å²) < 4.78 is 1.52. The fraction of sp³-hybridized carbons (Fsp3) is 0.238. The van der Waals surface area contributed by atoms with Crippen molar-refractivity contribution in [3.8, 4) is 0 Å². The molecule has 2 aromatic carbocycles. The third kappa shape index (κ3) is 3.65. The Morgan fingerprint density at radius 1 is 0.889 bits per heavy atom. The first kappa shape index (κ1) is 17.1. The number of aromatic nitrogens is 2. The molecule has 1 fully saturated rings. The summed E-state index contributed by atoms with van der Waals surface area (Å²) in [5.74, 6) is -0.100. The summed E-state index contributed by atoms with van der Waals surface area (Å²) in [5, 5.41) is 0. The van der Waals surface area contributed by atoms with E-state index in [2.05, 4.69) is 22.0 Å². The number of H-pyrrole nitrogens is 1. The Kier molecular flexibility index (Phi) is 4.78. The van der Waals surface area contributed by atoms with Gasteiger partial charge in [0.2, 0.25) is 0 Å². The van der Waals surface area contributed by atoms with E-state index < -0.39 is 0 Å². The third-order valence-corrected chi connectivity index (χ3v) is 4.96. The van der Waals surface area contributed by atoms with Crippen LogP contribution in [0.5, 0.6) is 0 Å². The molecule has 0 spiro atoms. The highest BCUT2D eigenvalue weighted by molar-refractivity contribution is 5.92. The fourth-order valence-electron chi connectivity index (χ4n) is 3.46. The number of imidazole rings is 1. The van der Waals surface area contributed by atoms with Crippen LogP contribution in [-0.4, -0.2) is 46.5 Å². The molecule has 0 unspecified atom stereocenters. The zero-order valence-electron chi connectivity index (χ0n) is 15.0. The van der Waals surface area contributed by atoms with E-state index in [1.165, 1.54) is 16.5 Å². The maximum atomic E-state index is 13.0. The van der Waals surface area contributed by atoms with Crippen LogP contribution < -0.4 is 10.6 Å². The average Bonchev–Trinajstić information content (AvgIpc) is 3.09. The molecule has 1 aromatic heterocycles. The zero-order valence-corrected chi connectivity index (χ0v) is 15.0. The lowest BCUT2D eigenvalue weighted by atomic mass is 10.2. The van der Waals surface area contributed by atoms with Crippen molar-refractivity contribution in [2.75, 3.05) is 31.1 Å². The van der Waals surface area contributed by atoms with Gasteiger partial charge in [0.15, 0.2) is 0 Å². The monoisotopic (exact) mass is 362 g/mol. The quantitative estimate of drug-likeness (QED) is 0.774. The van der Waals surface area contributed by atoms with Crippen molar-refractivity contribution in [3.63, 3.8) is 0 Å². The molecule has 1 aliphatic rings. The summed E-state index contributed by atoms with van der Waals surface area (Å²) in [5.41, 5.74) is 2.32. The van der Waals surface area contributed by atoms with Crippen LogP contribution in [0.15, 0.2) is 71.7 Å². The van der Waals surface area contributed by atoms with Gasteiger partial charge in [-0.05, 0) is 17.7 Å². The van der Waals surface area contributed by atoms with Gasteiger partial charge in [-0.2, -0.15) is 0 Å². The van der Waals surface area contributed by atoms with Gasteiger partial charge in [-0.25, -0.2) is 4.79 Å². The number of benzene rings is 2. The highest BCUT2D eigenvalue weighted by Gasteiger charge is 2.25. The molecule has 3 aromatic rings. The predicted molar refractivity (Wildman–Crippen MR) is 105 cm³/mol. The van der Waals surface area contributed by atoms with Gasteiger partial charge >= 0.3 is 5.69 Å². The summed E-state index contributed by atoms with van der Waals surface area (Å²) in [7, 11) is 0. The van der Waals surface area contributed by atoms with Crippen molar-refractivity contribution < 1.29 is 4.79 Å². The van der Waals surface area contributed by atoms with E-state index in [0.717, 1.165) is 18.7 Å². The summed E-state index contributed by atoms with van der Waals surface area (Å²) in [6.07, 6.45) is 1.52. The predicted octanol–water partition coefficient (Wildman–Crippen LogP) is 2.19. The van der Waals surface area contributed by atoms with Gasteiger partial charge in [0.25, 0.3) is 5.91 Å². The number of carbonyl (C=O) groups is 1. The van der Waals surface area contributed by atoms with E-state index in [-0.39, 0.29) is 11.6 Å². The number of amides is 1. The van der Waals surface area contributed by atoms with E-state index in [1.807, 2.05) is 53.4 Å². The number of rotatable bonds is 4. The lowest BCUT2D eigenvalue weighted by Crippen LogP contribution is -2.49. The van der Waals surface area contributed by atoms with E-state index in [1.54, 1.807) is 0 Å². The van der Waals surface area contributed by atoms with Crippen LogP contribution in [0.2, 0.25) is 0 Å². The minimum absolute atomic E-state index is 0.100. The molecule has 1 N–H and O–H groups in total. The lowest BCUT2D eigenvalue weighted by molar-refractivity contribution is 0.0736. The second kappa shape index (κ2) is 7.53. The van der Waals surface area contributed by atoms with Crippen LogP contribution in [0, 0.1) is 0 Å². The van der Waals surface area contributed by atoms with Crippen molar-refractivity contribution in [1.29, 1.82) is 0 Å². The van der Waals surface area contributed by atoms with Crippen LogP contribution in [0.1, 0.15) is 16.1 Å². The number of nitrogens with zero attached hydrogens (tertiary/aromatic N) is 3. The van der Waals surface area contributed by atoms with E-state index in [0.29, 0.717) is 25.3 Å². The Morgan fingerprint density at radius 2 is 1.52 bits per heavy atom. The van der Waals surface area contributed by atoms with Crippen molar-refractivity contribution in [3.05, 3.63) is 88.6 Å². The minimum atomic E-state index is -0.259. The molecule has 0 saturated carbocycles. The molecule has 6 heteroatoms. The topological polar surface area (TPSA) is 61.3 Å². The maximum Gasteiger partial charge on any atom is 0.326 e. The van der Waals surface area contributed by atoms with Crippen molar-refractivity contribution in [2.24, 2.45) is 0 Å². The summed E-state index contributed by atoms with van der Waals surface area (Å²) in [4.78, 5) is 32.0. The molecular weight excluding hydrogens is 340 g/mol. The second-order valence-corrected chi connectivity index (χ2v) is 6.67. The molecule has 27 heavy (non-hydrogen) atoms. The molecule has 4 rings (SSSR count). The standard InChI is InChI=1S/C21H22N4O2/c26-20(24-13-11-23(12-14-24)18-9-5-2-6-10-18)19-15-22-21(27)25(19)16-17-7-3-1-4-8-17/h1-10,15H,11-14,16H2,(H,22,27). The van der Waals surface area contributed by atoms with E-state index in [9.17, 15) is 9.59 Å². The summed E-state index contributed by atoms with van der Waals surface area (Å²) in [6.45, 7) is 3.22. The van der Waals surface area contributed by atoms with Gasteiger partial charge in [-0.15, -0.1) is 0 Å². The van der Waals surface area contributed by atoms with Gasteiger partial charge in [0.1, 0.15) is 5.69 Å². The molecule has 0 radical (unpaired) electrons. The highest BCUT2D eigenvalue weighted by Crippen LogP contribution is 2.17. The lowest BCUT2D eigenvalue weighted by Gasteiger charge is -2.36. The minimum Gasteiger partial charge on any atom is -0.368 e. The Balaban J connectivity index is 1.47. The van der Waals surface area contributed by atoms with E-state index in [4.69, 9.17) is 0 Å². The molecule has 1 amide bonds. The Labute approximate surface area is 157 Å².